The number of para-hydroxylation sites is 1. The smallest absolute Gasteiger partial charge is 0.139 e. The van der Waals surface area contributed by atoms with Crippen molar-refractivity contribution in [1.82, 2.24) is 4.90 Å². The highest BCUT2D eigenvalue weighted by Gasteiger charge is 2.26. The molecule has 6 heteroatoms. The average Bonchev–Trinajstić information content (AvgIpc) is 2.70. The predicted octanol–water partition coefficient (Wildman–Crippen LogP) is 3.25. The molecule has 1 atom stereocenters. The second-order valence-electron chi connectivity index (χ2n) is 4.17. The first-order chi connectivity index (χ1) is 8.61. The van der Waals surface area contributed by atoms with E-state index in [1.165, 1.54) is 0 Å². The minimum atomic E-state index is -0.404. The van der Waals surface area contributed by atoms with Gasteiger partial charge >= 0.3 is 0 Å². The Hall–Kier alpha value is -0.480. The van der Waals surface area contributed by atoms with Crippen LogP contribution in [0.5, 0.6) is 0 Å². The van der Waals surface area contributed by atoms with Gasteiger partial charge in [0, 0.05) is 0 Å². The lowest BCUT2D eigenvalue weighted by atomic mass is 10.3. The van der Waals surface area contributed by atoms with Gasteiger partial charge in [-0.25, -0.2) is 0 Å². The van der Waals surface area contributed by atoms with Crippen molar-refractivity contribution in [2.24, 2.45) is 4.99 Å². The first kappa shape index (κ1) is 13.9. The molecule has 1 aromatic carbocycles. The summed E-state index contributed by atoms with van der Waals surface area (Å²) in [4.78, 5) is 8.62. The van der Waals surface area contributed by atoms with Gasteiger partial charge in [0.05, 0.1) is 29.8 Å². The lowest BCUT2D eigenvalue weighted by molar-refractivity contribution is 0.428. The van der Waals surface area contributed by atoms with Gasteiger partial charge in [0.25, 0.3) is 0 Å². The molecule has 1 fully saturated rings. The molecule has 0 aromatic heterocycles. The second kappa shape index (κ2) is 6.11. The summed E-state index contributed by atoms with van der Waals surface area (Å²) in [6.45, 7) is 1.49. The first-order valence-electron chi connectivity index (χ1n) is 5.59. The molecule has 1 saturated heterocycles. The Morgan fingerprint density at radius 2 is 2.11 bits per heavy atom. The zero-order chi connectivity index (χ0) is 13.1. The van der Waals surface area contributed by atoms with Gasteiger partial charge in [-0.05, 0) is 19.2 Å². The molecule has 0 saturated carbocycles. The molecule has 1 unspecified atom stereocenters. The number of hydrogen-bond acceptors (Lipinski definition) is 2. The summed E-state index contributed by atoms with van der Waals surface area (Å²) in [5.41, 5.74) is 0.541. The van der Waals surface area contributed by atoms with Crippen LogP contribution in [0.3, 0.4) is 0 Å². The van der Waals surface area contributed by atoms with E-state index in [4.69, 9.17) is 34.8 Å². The molecular weight excluding hydrogens is 293 g/mol. The highest BCUT2D eigenvalue weighted by atomic mass is 35.5. The fourth-order valence-electron chi connectivity index (χ4n) is 1.89. The highest BCUT2D eigenvalue weighted by Crippen LogP contribution is 2.28. The zero-order valence-electron chi connectivity index (χ0n) is 9.98. The molecule has 1 aromatic rings. The highest BCUT2D eigenvalue weighted by molar-refractivity contribution is 6.34. The Labute approximate surface area is 122 Å². The van der Waals surface area contributed by atoms with Crippen LogP contribution in [0.1, 0.15) is 0 Å². The molecule has 2 rings (SSSR count). The van der Waals surface area contributed by atoms with Crippen molar-refractivity contribution in [1.29, 1.82) is 0 Å². The monoisotopic (exact) mass is 305 g/mol. The van der Waals surface area contributed by atoms with Crippen LogP contribution in [0.4, 0.5) is 5.69 Å². The van der Waals surface area contributed by atoms with Crippen molar-refractivity contribution in [3.8, 4) is 0 Å². The molecule has 18 heavy (non-hydrogen) atoms. The number of aliphatic imine (C=N–C) groups is 1. The standard InChI is InChI=1S/C12H14Cl3N3/c1-17-7-12(16-11(15)6-13)18(8-17)10-5-3-2-4-9(10)14/h2-5,11H,6-8H2,1H3. The minimum absolute atomic E-state index is 0.297. The van der Waals surface area contributed by atoms with Crippen LogP contribution in [0.2, 0.25) is 5.02 Å². The van der Waals surface area contributed by atoms with Crippen molar-refractivity contribution in [2.75, 3.05) is 31.0 Å². The van der Waals surface area contributed by atoms with Crippen molar-refractivity contribution in [3.05, 3.63) is 29.3 Å². The van der Waals surface area contributed by atoms with Gasteiger partial charge in [-0.1, -0.05) is 35.3 Å². The number of anilines is 1. The molecule has 1 aliphatic rings. The predicted molar refractivity (Wildman–Crippen MR) is 79.2 cm³/mol. The second-order valence-corrected chi connectivity index (χ2v) is 5.39. The lowest BCUT2D eigenvalue weighted by Crippen LogP contribution is -2.27. The summed E-state index contributed by atoms with van der Waals surface area (Å²) in [6.07, 6.45) is 0. The number of halogens is 3. The molecule has 0 spiro atoms. The minimum Gasteiger partial charge on any atom is -0.314 e. The maximum Gasteiger partial charge on any atom is 0.139 e. The summed E-state index contributed by atoms with van der Waals surface area (Å²) in [7, 11) is 2.02. The number of rotatable bonds is 3. The third-order valence-corrected chi connectivity index (χ3v) is 3.69. The molecule has 0 radical (unpaired) electrons. The van der Waals surface area contributed by atoms with E-state index in [-0.39, 0.29) is 0 Å². The van der Waals surface area contributed by atoms with E-state index in [0.717, 1.165) is 24.7 Å². The quantitative estimate of drug-likeness (QED) is 0.630. The van der Waals surface area contributed by atoms with Gasteiger partial charge in [-0.2, -0.15) is 0 Å². The number of likely N-dealkylation sites (N-methyl/N-ethyl adjacent to an activating group) is 1. The number of alkyl halides is 2. The Kier molecular flexibility index (Phi) is 4.73. The van der Waals surface area contributed by atoms with E-state index in [0.29, 0.717) is 10.9 Å². The zero-order valence-corrected chi connectivity index (χ0v) is 12.3. The largest absolute Gasteiger partial charge is 0.314 e. The maximum absolute atomic E-state index is 6.21. The van der Waals surface area contributed by atoms with Crippen molar-refractivity contribution in [2.45, 2.75) is 5.50 Å². The number of hydrogen-bond donors (Lipinski definition) is 0. The van der Waals surface area contributed by atoms with E-state index >= 15 is 0 Å². The molecule has 0 aliphatic carbocycles. The summed E-state index contributed by atoms with van der Waals surface area (Å²) < 4.78 is 0. The molecule has 98 valence electrons. The third-order valence-electron chi connectivity index (χ3n) is 2.67. The normalized spacial score (nSPS) is 20.7. The van der Waals surface area contributed by atoms with Gasteiger partial charge in [-0.15, -0.1) is 11.6 Å². The van der Waals surface area contributed by atoms with Gasteiger partial charge in [0.2, 0.25) is 0 Å². The third kappa shape index (κ3) is 3.09. The molecule has 1 heterocycles. The lowest BCUT2D eigenvalue weighted by Gasteiger charge is -2.20. The van der Waals surface area contributed by atoms with Crippen LogP contribution < -0.4 is 4.90 Å². The fraction of sp³-hybridized carbons (Fsp3) is 0.417. The van der Waals surface area contributed by atoms with Crippen LogP contribution in [0.15, 0.2) is 29.3 Å². The van der Waals surface area contributed by atoms with E-state index in [1.807, 2.05) is 31.3 Å². The SMILES string of the molecule is CN1CC(=NC(Cl)CCl)N(c2ccccc2Cl)C1. The van der Waals surface area contributed by atoms with Gasteiger partial charge < -0.3 is 4.90 Å². The molecular formula is C12H14Cl3N3. The molecule has 0 amide bonds. The topological polar surface area (TPSA) is 18.8 Å². The van der Waals surface area contributed by atoms with Crippen LogP contribution in [-0.2, 0) is 0 Å². The van der Waals surface area contributed by atoms with E-state index < -0.39 is 5.50 Å². The van der Waals surface area contributed by atoms with Crippen molar-refractivity contribution in [3.63, 3.8) is 0 Å². The Morgan fingerprint density at radius 1 is 1.39 bits per heavy atom. The van der Waals surface area contributed by atoms with Crippen LogP contribution >= 0.6 is 34.8 Å². The number of amidine groups is 1. The summed E-state index contributed by atoms with van der Waals surface area (Å²) in [5.74, 6) is 1.19. The van der Waals surface area contributed by atoms with Crippen LogP contribution in [0.25, 0.3) is 0 Å². The van der Waals surface area contributed by atoms with E-state index in [1.54, 1.807) is 0 Å². The van der Waals surface area contributed by atoms with Crippen LogP contribution in [-0.4, -0.2) is 42.4 Å². The van der Waals surface area contributed by atoms with Crippen molar-refractivity contribution >= 4 is 46.3 Å². The first-order valence-corrected chi connectivity index (χ1v) is 6.94. The molecule has 3 nitrogen and oxygen atoms in total. The summed E-state index contributed by atoms with van der Waals surface area (Å²) >= 11 is 17.9. The summed E-state index contributed by atoms with van der Waals surface area (Å²) in [5, 5.41) is 0.706. The number of nitrogens with zero attached hydrogens (tertiary/aromatic N) is 3. The van der Waals surface area contributed by atoms with Gasteiger partial charge in [0.15, 0.2) is 0 Å². The Balaban J connectivity index is 2.31. The average molecular weight is 307 g/mol. The number of benzene rings is 1. The molecule has 0 bridgehead atoms. The van der Waals surface area contributed by atoms with Gasteiger partial charge in [-0.3, -0.25) is 9.89 Å². The Morgan fingerprint density at radius 3 is 2.78 bits per heavy atom. The Bertz CT molecular complexity index is 450. The maximum atomic E-state index is 6.21. The van der Waals surface area contributed by atoms with Gasteiger partial charge in [0.1, 0.15) is 11.3 Å². The van der Waals surface area contributed by atoms with E-state index in [2.05, 4.69) is 14.8 Å². The van der Waals surface area contributed by atoms with Crippen LogP contribution in [0, 0.1) is 0 Å². The van der Waals surface area contributed by atoms with E-state index in [9.17, 15) is 0 Å². The van der Waals surface area contributed by atoms with Crippen molar-refractivity contribution < 1.29 is 0 Å². The molecule has 0 N–H and O–H groups in total. The molecule has 1 aliphatic heterocycles. The summed E-state index contributed by atoms with van der Waals surface area (Å²) in [6, 6.07) is 7.70. The fourth-order valence-corrected chi connectivity index (χ4v) is 2.31.